The van der Waals surface area contributed by atoms with Gasteiger partial charge in [0.1, 0.15) is 12.2 Å². The van der Waals surface area contributed by atoms with Crippen molar-refractivity contribution in [3.8, 4) is 11.1 Å². The number of esters is 1. The Morgan fingerprint density at radius 2 is 1.62 bits per heavy atom. The van der Waals surface area contributed by atoms with Crippen LogP contribution >= 0.6 is 12.2 Å². The fraction of sp³-hybridized carbons (Fsp3) is 0.389. The van der Waals surface area contributed by atoms with Crippen molar-refractivity contribution in [2.45, 2.75) is 70.7 Å². The first kappa shape index (κ1) is 35.6. The summed E-state index contributed by atoms with van der Waals surface area (Å²) < 4.78 is 51.6. The standard InChI is InChI=1S/C36H38F3N3O4S/c1-34(2,3)46-30(43)22-45-20-8-7-19-41-26-14-9-23(10-15-26)24-11-16-27(17-12-24)42-33(47)31(32(44)35(42,4)5)25-13-18-29(40-6)28(21-25)36(37,38)39/h9-18,21,31,41H,7-8,19-20,22H2,1-5H3. The van der Waals surface area contributed by atoms with Crippen molar-refractivity contribution in [3.63, 3.8) is 0 Å². The Morgan fingerprint density at radius 3 is 2.19 bits per heavy atom. The molecule has 1 atom stereocenters. The van der Waals surface area contributed by atoms with Crippen LogP contribution in [0, 0.1) is 6.57 Å². The Morgan fingerprint density at radius 1 is 1.00 bits per heavy atom. The summed E-state index contributed by atoms with van der Waals surface area (Å²) in [6, 6.07) is 18.8. The number of unbranched alkanes of at least 4 members (excludes halogenated alkanes) is 1. The van der Waals surface area contributed by atoms with E-state index in [9.17, 15) is 22.8 Å². The Hall–Kier alpha value is -4.27. The lowest BCUT2D eigenvalue weighted by Crippen LogP contribution is -2.44. The predicted molar refractivity (Wildman–Crippen MR) is 181 cm³/mol. The highest BCUT2D eigenvalue weighted by Gasteiger charge is 2.51. The predicted octanol–water partition coefficient (Wildman–Crippen LogP) is 8.75. The lowest BCUT2D eigenvalue weighted by molar-refractivity contribution is -0.160. The van der Waals surface area contributed by atoms with E-state index in [2.05, 4.69) is 10.2 Å². The van der Waals surface area contributed by atoms with Crippen LogP contribution in [-0.2, 0) is 25.2 Å². The molecular formula is C36H38F3N3O4S. The van der Waals surface area contributed by atoms with Gasteiger partial charge >= 0.3 is 12.1 Å². The molecule has 0 amide bonds. The zero-order chi connectivity index (χ0) is 34.6. The Bertz CT molecular complexity index is 1660. The van der Waals surface area contributed by atoms with Crippen LogP contribution in [0.25, 0.3) is 16.0 Å². The van der Waals surface area contributed by atoms with Gasteiger partial charge in [0.15, 0.2) is 11.5 Å². The highest BCUT2D eigenvalue weighted by molar-refractivity contribution is 7.80. The molecule has 1 unspecified atom stereocenters. The molecule has 0 spiro atoms. The number of thiocarbonyl (C=S) groups is 1. The third-order valence-electron chi connectivity index (χ3n) is 7.70. The van der Waals surface area contributed by atoms with Crippen molar-refractivity contribution in [1.29, 1.82) is 0 Å². The molecule has 1 N–H and O–H groups in total. The smallest absolute Gasteiger partial charge is 0.407 e. The zero-order valence-electron chi connectivity index (χ0n) is 27.0. The van der Waals surface area contributed by atoms with Crippen LogP contribution < -0.4 is 10.2 Å². The van der Waals surface area contributed by atoms with E-state index in [1.54, 1.807) is 18.7 Å². The molecule has 4 rings (SSSR count). The van der Waals surface area contributed by atoms with E-state index in [0.29, 0.717) is 12.3 Å². The lowest BCUT2D eigenvalue weighted by Gasteiger charge is -2.31. The van der Waals surface area contributed by atoms with Gasteiger partial charge in [0.2, 0.25) is 0 Å². The molecule has 0 aliphatic carbocycles. The van der Waals surface area contributed by atoms with Gasteiger partial charge in [-0.25, -0.2) is 9.64 Å². The third kappa shape index (κ3) is 8.56. The van der Waals surface area contributed by atoms with Gasteiger partial charge in [-0.05, 0) is 88.4 Å². The summed E-state index contributed by atoms with van der Waals surface area (Å²) in [6.45, 7) is 17.1. The fourth-order valence-electron chi connectivity index (χ4n) is 5.45. The molecule has 1 fully saturated rings. The molecule has 0 saturated carbocycles. The number of Topliss-reactive ketones (excluding diaryl/α,β-unsaturated/α-hetero) is 1. The molecule has 0 aromatic heterocycles. The number of carbonyl (C=O) groups excluding carboxylic acids is 2. The highest BCUT2D eigenvalue weighted by Crippen LogP contribution is 2.44. The van der Waals surface area contributed by atoms with Gasteiger partial charge in [0.25, 0.3) is 0 Å². The van der Waals surface area contributed by atoms with Gasteiger partial charge in [-0.15, -0.1) is 0 Å². The van der Waals surface area contributed by atoms with Gasteiger partial charge < -0.3 is 19.7 Å². The van der Waals surface area contributed by atoms with Crippen molar-refractivity contribution in [3.05, 3.63) is 89.3 Å². The van der Waals surface area contributed by atoms with E-state index in [1.165, 1.54) is 6.07 Å². The van der Waals surface area contributed by atoms with E-state index in [1.807, 2.05) is 69.3 Å². The number of alkyl halides is 3. The molecule has 11 heteroatoms. The quantitative estimate of drug-likeness (QED) is 0.0951. The first-order valence-corrected chi connectivity index (χ1v) is 15.6. The summed E-state index contributed by atoms with van der Waals surface area (Å²) >= 11 is 5.71. The summed E-state index contributed by atoms with van der Waals surface area (Å²) in [4.78, 5) is 30.2. The topological polar surface area (TPSA) is 72.2 Å². The van der Waals surface area contributed by atoms with Gasteiger partial charge in [-0.3, -0.25) is 4.79 Å². The van der Waals surface area contributed by atoms with Crippen LogP contribution in [0.1, 0.15) is 64.5 Å². The molecule has 47 heavy (non-hydrogen) atoms. The van der Waals surface area contributed by atoms with E-state index in [-0.39, 0.29) is 28.9 Å². The number of benzene rings is 3. The second kappa shape index (κ2) is 14.2. The maximum atomic E-state index is 13.7. The molecule has 1 aliphatic heterocycles. The summed E-state index contributed by atoms with van der Waals surface area (Å²) in [6.07, 6.45) is -3.07. The highest BCUT2D eigenvalue weighted by atomic mass is 32.1. The van der Waals surface area contributed by atoms with Crippen molar-refractivity contribution >= 4 is 46.0 Å². The molecule has 3 aromatic rings. The van der Waals surface area contributed by atoms with Crippen LogP contribution in [0.3, 0.4) is 0 Å². The number of ether oxygens (including phenoxy) is 2. The van der Waals surface area contributed by atoms with Crippen molar-refractivity contribution in [1.82, 2.24) is 0 Å². The van der Waals surface area contributed by atoms with Crippen molar-refractivity contribution < 1.29 is 32.2 Å². The molecule has 1 saturated heterocycles. The molecule has 248 valence electrons. The maximum absolute atomic E-state index is 13.7. The van der Waals surface area contributed by atoms with E-state index in [4.69, 9.17) is 28.3 Å². The average Bonchev–Trinajstić information content (AvgIpc) is 3.18. The number of nitrogens with zero attached hydrogens (tertiary/aromatic N) is 2. The summed E-state index contributed by atoms with van der Waals surface area (Å²) in [5.41, 5.74) is 0.434. The second-order valence-electron chi connectivity index (χ2n) is 12.8. The Balaban J connectivity index is 1.36. The Kier molecular flexibility index (Phi) is 10.8. The Labute approximate surface area is 278 Å². The summed E-state index contributed by atoms with van der Waals surface area (Å²) in [5.74, 6) is -1.74. The first-order valence-electron chi connectivity index (χ1n) is 15.2. The number of ketones is 1. The molecule has 3 aromatic carbocycles. The summed E-state index contributed by atoms with van der Waals surface area (Å²) in [5, 5.41) is 3.38. The molecular weight excluding hydrogens is 627 g/mol. The van der Waals surface area contributed by atoms with Crippen molar-refractivity contribution in [2.24, 2.45) is 0 Å². The molecule has 1 heterocycles. The number of halogens is 3. The number of hydrogen-bond donors (Lipinski definition) is 1. The van der Waals surface area contributed by atoms with E-state index in [0.717, 1.165) is 48.3 Å². The lowest BCUT2D eigenvalue weighted by atomic mass is 9.88. The monoisotopic (exact) mass is 665 g/mol. The van der Waals surface area contributed by atoms with Gasteiger partial charge in [-0.2, -0.15) is 13.2 Å². The number of hydrogen-bond acceptors (Lipinski definition) is 6. The SMILES string of the molecule is [C-]#[N+]c1ccc(C2C(=O)C(C)(C)N(c3ccc(-c4ccc(NCCCCOCC(=O)OC(C)(C)C)cc4)cc3)C2=S)cc1C(F)(F)F. The molecule has 0 radical (unpaired) electrons. The van der Waals surface area contributed by atoms with Crippen LogP contribution in [0.4, 0.5) is 30.2 Å². The maximum Gasteiger partial charge on any atom is 0.407 e. The van der Waals surface area contributed by atoms with E-state index < -0.39 is 34.5 Å². The normalized spacial score (nSPS) is 16.2. The van der Waals surface area contributed by atoms with Gasteiger partial charge in [0.05, 0.1) is 28.6 Å². The van der Waals surface area contributed by atoms with Crippen molar-refractivity contribution in [2.75, 3.05) is 30.0 Å². The fourth-order valence-corrected chi connectivity index (χ4v) is 6.03. The minimum Gasteiger partial charge on any atom is -0.458 e. The minimum absolute atomic E-state index is 0.0558. The van der Waals surface area contributed by atoms with Crippen LogP contribution in [0.2, 0.25) is 0 Å². The molecule has 0 bridgehead atoms. The number of anilines is 2. The van der Waals surface area contributed by atoms with Crippen LogP contribution in [0.15, 0.2) is 66.7 Å². The number of nitrogens with one attached hydrogen (secondary N) is 1. The van der Waals surface area contributed by atoms with Gasteiger partial charge in [-0.1, -0.05) is 54.7 Å². The molecule has 7 nitrogen and oxygen atoms in total. The third-order valence-corrected chi connectivity index (χ3v) is 8.12. The largest absolute Gasteiger partial charge is 0.458 e. The van der Waals surface area contributed by atoms with Gasteiger partial charge in [0, 0.05) is 24.5 Å². The zero-order valence-corrected chi connectivity index (χ0v) is 27.8. The first-order chi connectivity index (χ1) is 22.0. The minimum atomic E-state index is -4.74. The molecule has 1 aliphatic rings. The number of rotatable bonds is 11. The average molecular weight is 666 g/mol. The summed E-state index contributed by atoms with van der Waals surface area (Å²) in [7, 11) is 0. The number of carbonyl (C=O) groups is 2. The van der Waals surface area contributed by atoms with Crippen LogP contribution in [0.5, 0.6) is 0 Å². The second-order valence-corrected chi connectivity index (χ2v) is 13.2. The van der Waals surface area contributed by atoms with E-state index >= 15 is 0 Å². The van der Waals surface area contributed by atoms with Crippen LogP contribution in [-0.4, -0.2) is 47.6 Å².